The van der Waals surface area contributed by atoms with Gasteiger partial charge in [0.2, 0.25) is 0 Å². The van der Waals surface area contributed by atoms with Crippen molar-refractivity contribution in [2.24, 2.45) is 0 Å². The molecule has 0 fully saturated rings. The van der Waals surface area contributed by atoms with Gasteiger partial charge in [-0.2, -0.15) is 0 Å². The van der Waals surface area contributed by atoms with Gasteiger partial charge in [0.15, 0.2) is 0 Å². The zero-order chi connectivity index (χ0) is 13.8. The molecule has 0 aromatic heterocycles. The van der Waals surface area contributed by atoms with E-state index in [1.807, 2.05) is 19.2 Å². The van der Waals surface area contributed by atoms with Crippen LogP contribution in [0.2, 0.25) is 5.02 Å². The molecule has 0 radical (unpaired) electrons. The van der Waals surface area contributed by atoms with Crippen molar-refractivity contribution in [2.75, 3.05) is 7.05 Å². The van der Waals surface area contributed by atoms with E-state index in [-0.39, 0.29) is 0 Å². The van der Waals surface area contributed by atoms with Crippen LogP contribution in [-0.2, 0) is 6.42 Å². The number of nitrogens with one attached hydrogen (secondary N) is 1. The Morgan fingerprint density at radius 2 is 1.84 bits per heavy atom. The maximum atomic E-state index is 5.92. The molecule has 2 rings (SSSR count). The third-order valence-electron chi connectivity index (χ3n) is 3.30. The largest absolute Gasteiger partial charge is 0.313 e. The lowest BCUT2D eigenvalue weighted by Gasteiger charge is -2.18. The van der Waals surface area contributed by atoms with Crippen LogP contribution in [0.25, 0.3) is 0 Å². The van der Waals surface area contributed by atoms with Gasteiger partial charge in [-0.3, -0.25) is 0 Å². The molecule has 0 saturated carbocycles. The first-order chi connectivity index (χ1) is 9.10. The summed E-state index contributed by atoms with van der Waals surface area (Å²) in [5, 5.41) is 4.15. The number of benzene rings is 2. The number of aryl methyl sites for hydroxylation is 1. The quantitative estimate of drug-likeness (QED) is 0.835. The third-order valence-corrected chi connectivity index (χ3v) is 4.41. The summed E-state index contributed by atoms with van der Waals surface area (Å²) in [6, 6.07) is 14.8. The molecule has 100 valence electrons. The summed E-state index contributed by atoms with van der Waals surface area (Å²) >= 11 is 9.51. The van der Waals surface area contributed by atoms with Crippen LogP contribution in [0.5, 0.6) is 0 Å². The van der Waals surface area contributed by atoms with Crippen molar-refractivity contribution in [3.63, 3.8) is 0 Å². The summed E-state index contributed by atoms with van der Waals surface area (Å²) in [6.45, 7) is 2.10. The zero-order valence-corrected chi connectivity index (χ0v) is 13.4. The normalized spacial score (nSPS) is 12.4. The predicted molar refractivity (Wildman–Crippen MR) is 85.8 cm³/mol. The number of hydrogen-bond donors (Lipinski definition) is 1. The molecular weight excluding hydrogens is 322 g/mol. The molecule has 1 atom stereocenters. The van der Waals surface area contributed by atoms with Crippen LogP contribution in [0.4, 0.5) is 0 Å². The Kier molecular flexibility index (Phi) is 5.03. The molecule has 0 bridgehead atoms. The van der Waals surface area contributed by atoms with Gasteiger partial charge >= 0.3 is 0 Å². The molecular formula is C16H17BrClN. The van der Waals surface area contributed by atoms with Crippen molar-refractivity contribution < 1.29 is 0 Å². The van der Waals surface area contributed by atoms with E-state index in [4.69, 9.17) is 11.6 Å². The topological polar surface area (TPSA) is 12.0 Å². The van der Waals surface area contributed by atoms with Crippen molar-refractivity contribution in [3.8, 4) is 0 Å². The highest BCUT2D eigenvalue weighted by Crippen LogP contribution is 2.24. The fourth-order valence-corrected chi connectivity index (χ4v) is 2.59. The molecule has 19 heavy (non-hydrogen) atoms. The number of likely N-dealkylation sites (N-methyl/N-ethyl adjacent to an activating group) is 1. The molecule has 0 aliphatic rings. The van der Waals surface area contributed by atoms with Gasteiger partial charge in [-0.15, -0.1) is 0 Å². The molecule has 0 heterocycles. The van der Waals surface area contributed by atoms with Gasteiger partial charge in [-0.1, -0.05) is 51.8 Å². The van der Waals surface area contributed by atoms with Gasteiger partial charge in [0.05, 0.1) is 0 Å². The molecule has 0 saturated heterocycles. The fourth-order valence-electron chi connectivity index (χ4n) is 2.07. The van der Waals surface area contributed by atoms with Gasteiger partial charge in [-0.25, -0.2) is 0 Å². The first-order valence-corrected chi connectivity index (χ1v) is 7.45. The van der Waals surface area contributed by atoms with Gasteiger partial charge in [0.1, 0.15) is 0 Å². The first kappa shape index (κ1) is 14.6. The zero-order valence-electron chi connectivity index (χ0n) is 11.1. The third kappa shape index (κ3) is 3.82. The average Bonchev–Trinajstić information content (AvgIpc) is 2.41. The fraction of sp³-hybridized carbons (Fsp3) is 0.250. The Morgan fingerprint density at radius 1 is 1.16 bits per heavy atom. The molecule has 0 spiro atoms. The van der Waals surface area contributed by atoms with E-state index >= 15 is 0 Å². The Hall–Kier alpha value is -0.830. The van der Waals surface area contributed by atoms with Crippen LogP contribution in [0, 0.1) is 6.92 Å². The summed E-state index contributed by atoms with van der Waals surface area (Å²) < 4.78 is 1.15. The van der Waals surface area contributed by atoms with E-state index in [2.05, 4.69) is 58.5 Å². The number of halogens is 2. The highest BCUT2D eigenvalue weighted by atomic mass is 79.9. The molecule has 2 aromatic rings. The first-order valence-electron chi connectivity index (χ1n) is 6.28. The molecule has 1 nitrogen and oxygen atoms in total. The molecule has 0 aliphatic heterocycles. The van der Waals surface area contributed by atoms with Crippen LogP contribution >= 0.6 is 27.5 Å². The molecule has 3 heteroatoms. The highest BCUT2D eigenvalue weighted by Gasteiger charge is 2.11. The number of rotatable bonds is 4. The Bertz CT molecular complexity index is 551. The summed E-state index contributed by atoms with van der Waals surface area (Å²) in [5.41, 5.74) is 3.82. The summed E-state index contributed by atoms with van der Waals surface area (Å²) in [5.74, 6) is 0. The second-order valence-corrected chi connectivity index (χ2v) is 5.97. The van der Waals surface area contributed by atoms with Crippen molar-refractivity contribution >= 4 is 27.5 Å². The van der Waals surface area contributed by atoms with E-state index in [9.17, 15) is 0 Å². The van der Waals surface area contributed by atoms with E-state index in [0.29, 0.717) is 6.04 Å². The van der Waals surface area contributed by atoms with Crippen LogP contribution in [0.1, 0.15) is 22.7 Å². The molecule has 1 N–H and O–H groups in total. The summed E-state index contributed by atoms with van der Waals surface area (Å²) in [7, 11) is 1.99. The Morgan fingerprint density at radius 3 is 2.42 bits per heavy atom. The SMILES string of the molecule is CNC(Cc1ccc(Cl)cc1)c1ccc(C)c(Br)c1. The second-order valence-electron chi connectivity index (χ2n) is 4.68. The van der Waals surface area contributed by atoms with E-state index < -0.39 is 0 Å². The lowest BCUT2D eigenvalue weighted by Crippen LogP contribution is -2.18. The predicted octanol–water partition coefficient (Wildman–Crippen LogP) is 4.91. The molecule has 0 aliphatic carbocycles. The van der Waals surface area contributed by atoms with Crippen molar-refractivity contribution in [3.05, 3.63) is 68.7 Å². The minimum Gasteiger partial charge on any atom is -0.313 e. The Labute approximate surface area is 128 Å². The number of hydrogen-bond acceptors (Lipinski definition) is 1. The standard InChI is InChI=1S/C16H17BrClN/c1-11-3-6-13(10-15(11)17)16(19-2)9-12-4-7-14(18)8-5-12/h3-8,10,16,19H,9H2,1-2H3. The van der Waals surface area contributed by atoms with Gasteiger partial charge in [-0.05, 0) is 55.3 Å². The van der Waals surface area contributed by atoms with E-state index in [0.717, 1.165) is 15.9 Å². The van der Waals surface area contributed by atoms with Crippen molar-refractivity contribution in [1.82, 2.24) is 5.32 Å². The smallest absolute Gasteiger partial charge is 0.0406 e. The monoisotopic (exact) mass is 337 g/mol. The van der Waals surface area contributed by atoms with Gasteiger partial charge in [0.25, 0.3) is 0 Å². The average molecular weight is 339 g/mol. The van der Waals surface area contributed by atoms with Crippen LogP contribution in [0.15, 0.2) is 46.9 Å². The second kappa shape index (κ2) is 6.56. The highest BCUT2D eigenvalue weighted by molar-refractivity contribution is 9.10. The minimum atomic E-state index is 0.304. The van der Waals surface area contributed by atoms with Crippen LogP contribution < -0.4 is 5.32 Å². The lowest BCUT2D eigenvalue weighted by atomic mass is 9.98. The van der Waals surface area contributed by atoms with Gasteiger partial charge in [0, 0.05) is 15.5 Å². The maximum Gasteiger partial charge on any atom is 0.0406 e. The van der Waals surface area contributed by atoms with Crippen LogP contribution in [-0.4, -0.2) is 7.05 Å². The van der Waals surface area contributed by atoms with E-state index in [1.54, 1.807) is 0 Å². The summed E-state index contributed by atoms with van der Waals surface area (Å²) in [4.78, 5) is 0. The van der Waals surface area contributed by atoms with Crippen molar-refractivity contribution in [1.29, 1.82) is 0 Å². The summed E-state index contributed by atoms with van der Waals surface area (Å²) in [6.07, 6.45) is 0.948. The molecule has 0 amide bonds. The van der Waals surface area contributed by atoms with E-state index in [1.165, 1.54) is 16.7 Å². The van der Waals surface area contributed by atoms with Crippen LogP contribution in [0.3, 0.4) is 0 Å². The van der Waals surface area contributed by atoms with Crippen molar-refractivity contribution in [2.45, 2.75) is 19.4 Å². The molecule has 1 unspecified atom stereocenters. The molecule has 2 aromatic carbocycles. The van der Waals surface area contributed by atoms with Gasteiger partial charge < -0.3 is 5.32 Å². The lowest BCUT2D eigenvalue weighted by molar-refractivity contribution is 0.591. The maximum absolute atomic E-state index is 5.92. The minimum absolute atomic E-state index is 0.304. The Balaban J connectivity index is 2.19.